The first-order valence-corrected chi connectivity index (χ1v) is 7.19. The number of benzene rings is 1. The maximum Gasteiger partial charge on any atom is 0.356 e. The molecule has 116 valence electrons. The zero-order valence-electron chi connectivity index (χ0n) is 11.9. The summed E-state index contributed by atoms with van der Waals surface area (Å²) < 4.78 is 20.4. The Labute approximate surface area is 134 Å². The number of nitrogens with zero attached hydrogens (tertiary/aromatic N) is 2. The molecule has 1 N–H and O–H groups in total. The van der Waals surface area contributed by atoms with E-state index in [1.54, 1.807) is 13.0 Å². The molecule has 0 unspecified atom stereocenters. The highest BCUT2D eigenvalue weighted by Gasteiger charge is 2.19. The number of aryl methyl sites for hydroxylation is 1. The highest BCUT2D eigenvalue weighted by molar-refractivity contribution is 9.10. The van der Waals surface area contributed by atoms with E-state index in [0.717, 1.165) is 0 Å². The largest absolute Gasteiger partial charge is 0.461 e. The van der Waals surface area contributed by atoms with Crippen LogP contribution in [0.2, 0.25) is 0 Å². The topological polar surface area (TPSA) is 73.2 Å². The van der Waals surface area contributed by atoms with Crippen molar-refractivity contribution in [1.82, 2.24) is 9.78 Å². The van der Waals surface area contributed by atoms with E-state index in [1.807, 2.05) is 0 Å². The fraction of sp³-hybridized carbons (Fsp3) is 0.214. The summed E-state index contributed by atoms with van der Waals surface area (Å²) in [5, 5.41) is 6.33. The van der Waals surface area contributed by atoms with Crippen LogP contribution in [0, 0.1) is 5.82 Å². The Hall–Kier alpha value is -2.22. The molecule has 0 fully saturated rings. The first-order chi connectivity index (χ1) is 10.4. The summed E-state index contributed by atoms with van der Waals surface area (Å²) >= 11 is 3.13. The predicted octanol–water partition coefficient (Wildman–Crippen LogP) is 2.75. The molecule has 1 aromatic heterocycles. The van der Waals surface area contributed by atoms with Gasteiger partial charge in [-0.05, 0) is 25.1 Å². The van der Waals surface area contributed by atoms with Crippen LogP contribution in [0.5, 0.6) is 0 Å². The van der Waals surface area contributed by atoms with Gasteiger partial charge in [0.2, 0.25) is 0 Å². The molecule has 0 radical (unpaired) electrons. The number of nitrogens with one attached hydrogen (secondary N) is 1. The van der Waals surface area contributed by atoms with Gasteiger partial charge < -0.3 is 10.1 Å². The molecule has 2 rings (SSSR count). The second-order valence-corrected chi connectivity index (χ2v) is 5.25. The number of hydrogen-bond donors (Lipinski definition) is 1. The fourth-order valence-electron chi connectivity index (χ4n) is 1.75. The molecule has 0 aliphatic rings. The minimum atomic E-state index is -0.618. The van der Waals surface area contributed by atoms with Gasteiger partial charge in [-0.1, -0.05) is 15.9 Å². The van der Waals surface area contributed by atoms with Crippen molar-refractivity contribution in [3.63, 3.8) is 0 Å². The Balaban J connectivity index is 2.20. The molecule has 6 nitrogen and oxygen atoms in total. The van der Waals surface area contributed by atoms with E-state index in [-0.39, 0.29) is 23.7 Å². The van der Waals surface area contributed by atoms with Crippen molar-refractivity contribution < 1.29 is 18.7 Å². The van der Waals surface area contributed by atoms with Crippen molar-refractivity contribution in [2.24, 2.45) is 7.05 Å². The second-order valence-electron chi connectivity index (χ2n) is 4.34. The van der Waals surface area contributed by atoms with Crippen molar-refractivity contribution in [3.8, 4) is 0 Å². The number of hydrogen-bond acceptors (Lipinski definition) is 4. The summed E-state index contributed by atoms with van der Waals surface area (Å²) in [6, 6.07) is 5.55. The van der Waals surface area contributed by atoms with Gasteiger partial charge in [-0.15, -0.1) is 0 Å². The fourth-order valence-corrected chi connectivity index (χ4v) is 2.08. The minimum Gasteiger partial charge on any atom is -0.461 e. The predicted molar refractivity (Wildman–Crippen MR) is 81.2 cm³/mol. The number of ether oxygens (including phenoxy) is 1. The molecule has 0 saturated heterocycles. The Morgan fingerprint density at radius 2 is 2.14 bits per heavy atom. The van der Waals surface area contributed by atoms with Gasteiger partial charge in [0.15, 0.2) is 5.69 Å². The summed E-state index contributed by atoms with van der Waals surface area (Å²) in [6.07, 6.45) is 0. The number of amides is 1. The Bertz CT molecular complexity index is 730. The first-order valence-electron chi connectivity index (χ1n) is 6.40. The summed E-state index contributed by atoms with van der Waals surface area (Å²) in [5.41, 5.74) is 0.160. The van der Waals surface area contributed by atoms with Gasteiger partial charge in [0.05, 0.1) is 12.3 Å². The van der Waals surface area contributed by atoms with Crippen LogP contribution in [0.1, 0.15) is 27.9 Å². The normalized spacial score (nSPS) is 10.4. The lowest BCUT2D eigenvalue weighted by Crippen LogP contribution is -2.14. The minimum absolute atomic E-state index is 0.00660. The van der Waals surface area contributed by atoms with Crippen LogP contribution < -0.4 is 5.32 Å². The Morgan fingerprint density at radius 3 is 2.77 bits per heavy atom. The van der Waals surface area contributed by atoms with E-state index >= 15 is 0 Å². The Kier molecular flexibility index (Phi) is 4.92. The molecule has 8 heteroatoms. The molecular weight excluding hydrogens is 357 g/mol. The third kappa shape index (κ3) is 3.51. The second kappa shape index (κ2) is 6.69. The summed E-state index contributed by atoms with van der Waals surface area (Å²) in [7, 11) is 1.52. The van der Waals surface area contributed by atoms with Crippen LogP contribution in [0.3, 0.4) is 0 Å². The van der Waals surface area contributed by atoms with E-state index in [9.17, 15) is 14.0 Å². The van der Waals surface area contributed by atoms with E-state index in [1.165, 1.54) is 29.9 Å². The molecule has 0 spiro atoms. The average molecular weight is 370 g/mol. The highest BCUT2D eigenvalue weighted by atomic mass is 79.9. The zero-order chi connectivity index (χ0) is 16.3. The van der Waals surface area contributed by atoms with Gasteiger partial charge in [0.1, 0.15) is 11.5 Å². The maximum absolute atomic E-state index is 13.7. The van der Waals surface area contributed by atoms with Crippen LogP contribution in [0.15, 0.2) is 28.7 Å². The number of halogens is 2. The molecule has 0 aliphatic carbocycles. The third-order valence-corrected chi connectivity index (χ3v) is 3.27. The third-order valence-electron chi connectivity index (χ3n) is 2.78. The van der Waals surface area contributed by atoms with E-state index in [4.69, 9.17) is 4.74 Å². The van der Waals surface area contributed by atoms with Crippen LogP contribution >= 0.6 is 15.9 Å². The summed E-state index contributed by atoms with van der Waals surface area (Å²) in [6.45, 7) is 1.90. The van der Waals surface area contributed by atoms with Gasteiger partial charge >= 0.3 is 5.97 Å². The van der Waals surface area contributed by atoms with E-state index in [2.05, 4.69) is 26.3 Å². The standard InChI is InChI=1S/C14H13BrFN3O3/c1-3-22-14(21)12-7-11(18-19(12)2)13(20)17-10-5-4-8(15)6-9(10)16/h4-7H,3H2,1-2H3,(H,17,20). The molecule has 2 aromatic rings. The van der Waals surface area contributed by atoms with Gasteiger partial charge in [-0.2, -0.15) is 5.10 Å². The van der Waals surface area contributed by atoms with Gasteiger partial charge in [-0.3, -0.25) is 9.48 Å². The molecule has 0 aliphatic heterocycles. The number of carbonyl (C=O) groups excluding carboxylic acids is 2. The highest BCUT2D eigenvalue weighted by Crippen LogP contribution is 2.20. The lowest BCUT2D eigenvalue weighted by molar-refractivity contribution is 0.0513. The quantitative estimate of drug-likeness (QED) is 0.840. The molecule has 1 heterocycles. The first kappa shape index (κ1) is 16.2. The maximum atomic E-state index is 13.7. The van der Waals surface area contributed by atoms with E-state index < -0.39 is 17.7 Å². The Morgan fingerprint density at radius 1 is 1.41 bits per heavy atom. The van der Waals surface area contributed by atoms with Crippen molar-refractivity contribution in [3.05, 3.63) is 45.9 Å². The van der Waals surface area contributed by atoms with Gasteiger partial charge in [-0.25, -0.2) is 9.18 Å². The molecule has 1 amide bonds. The van der Waals surface area contributed by atoms with Crippen LogP contribution in [-0.2, 0) is 11.8 Å². The van der Waals surface area contributed by atoms with E-state index in [0.29, 0.717) is 4.47 Å². The molecule has 22 heavy (non-hydrogen) atoms. The molecule has 0 bridgehead atoms. The van der Waals surface area contributed by atoms with Crippen molar-refractivity contribution in [2.45, 2.75) is 6.92 Å². The lowest BCUT2D eigenvalue weighted by atomic mass is 10.3. The monoisotopic (exact) mass is 369 g/mol. The summed E-state index contributed by atoms with van der Waals surface area (Å²) in [4.78, 5) is 23.8. The number of esters is 1. The van der Waals surface area contributed by atoms with Crippen molar-refractivity contribution in [2.75, 3.05) is 11.9 Å². The van der Waals surface area contributed by atoms with Crippen molar-refractivity contribution in [1.29, 1.82) is 0 Å². The SMILES string of the molecule is CCOC(=O)c1cc(C(=O)Nc2ccc(Br)cc2F)nn1C. The van der Waals surface area contributed by atoms with Crippen LogP contribution in [0.4, 0.5) is 10.1 Å². The average Bonchev–Trinajstić information content (AvgIpc) is 2.84. The number of rotatable bonds is 4. The van der Waals surface area contributed by atoms with Crippen LogP contribution in [0.25, 0.3) is 0 Å². The van der Waals surface area contributed by atoms with Crippen LogP contribution in [-0.4, -0.2) is 28.3 Å². The molecule has 0 saturated carbocycles. The number of aromatic nitrogens is 2. The number of anilines is 1. The molecule has 1 aromatic carbocycles. The van der Waals surface area contributed by atoms with Crippen molar-refractivity contribution >= 4 is 33.5 Å². The zero-order valence-corrected chi connectivity index (χ0v) is 13.5. The molecule has 0 atom stereocenters. The van der Waals surface area contributed by atoms with Gasteiger partial charge in [0, 0.05) is 17.6 Å². The summed E-state index contributed by atoms with van der Waals surface area (Å²) in [5.74, 6) is -1.77. The lowest BCUT2D eigenvalue weighted by Gasteiger charge is -2.04. The smallest absolute Gasteiger partial charge is 0.356 e. The number of carbonyl (C=O) groups is 2. The van der Waals surface area contributed by atoms with Gasteiger partial charge in [0.25, 0.3) is 5.91 Å². The molecular formula is C14H13BrFN3O3.